The van der Waals surface area contributed by atoms with Gasteiger partial charge in [0, 0.05) is 10.6 Å². The molecular weight excluding hydrogens is 328 g/mol. The van der Waals surface area contributed by atoms with Gasteiger partial charge in [0.25, 0.3) is 11.8 Å². The van der Waals surface area contributed by atoms with Crippen molar-refractivity contribution in [1.29, 1.82) is 0 Å². The molecule has 0 radical (unpaired) electrons. The minimum atomic E-state index is -0.895. The van der Waals surface area contributed by atoms with Crippen LogP contribution in [0.4, 0.5) is 5.69 Å². The lowest BCUT2D eigenvalue weighted by molar-refractivity contribution is -0.127. The van der Waals surface area contributed by atoms with Crippen LogP contribution >= 0.6 is 11.6 Å². The van der Waals surface area contributed by atoms with E-state index in [0.717, 1.165) is 5.01 Å². The van der Waals surface area contributed by atoms with E-state index in [1.54, 1.807) is 61.5 Å². The molecule has 0 aliphatic carbocycles. The van der Waals surface area contributed by atoms with Crippen LogP contribution in [0.1, 0.15) is 17.3 Å². The number of carbonyl (C=O) groups excluding carboxylic acids is 2. The minimum absolute atomic E-state index is 0.387. The maximum absolute atomic E-state index is 12.4. The second-order valence-electron chi connectivity index (χ2n) is 5.16. The largest absolute Gasteiger partial charge is 0.282 e. The molecule has 0 spiro atoms. The van der Waals surface area contributed by atoms with Crippen molar-refractivity contribution in [2.75, 3.05) is 0 Å². The summed E-state index contributed by atoms with van der Waals surface area (Å²) in [6, 6.07) is 14.3. The summed E-state index contributed by atoms with van der Waals surface area (Å²) < 4.78 is 0. The van der Waals surface area contributed by atoms with Gasteiger partial charge in [-0.1, -0.05) is 29.8 Å². The molecule has 3 rings (SSSR count). The van der Waals surface area contributed by atoms with E-state index in [0.29, 0.717) is 22.0 Å². The van der Waals surface area contributed by atoms with Crippen molar-refractivity contribution in [3.8, 4) is 0 Å². The standard InChI is InChI=1S/C17H13ClN4O2/c1-11-15(20-19-14-9-7-13(18)8-10-14)17(24)22(21-11)16(23)12-5-3-2-4-6-12/h2-10,15H,1H3. The van der Waals surface area contributed by atoms with E-state index in [9.17, 15) is 9.59 Å². The molecule has 0 N–H and O–H groups in total. The van der Waals surface area contributed by atoms with Gasteiger partial charge in [-0.05, 0) is 43.3 Å². The summed E-state index contributed by atoms with van der Waals surface area (Å²) in [6.07, 6.45) is 0. The number of amides is 2. The molecule has 2 aromatic rings. The highest BCUT2D eigenvalue weighted by Crippen LogP contribution is 2.20. The van der Waals surface area contributed by atoms with Crippen LogP contribution in [-0.4, -0.2) is 28.6 Å². The van der Waals surface area contributed by atoms with Crippen LogP contribution in [0.15, 0.2) is 69.9 Å². The molecule has 1 atom stereocenters. The SMILES string of the molecule is CC1=NN(C(=O)c2ccccc2)C(=O)C1N=Nc1ccc(Cl)cc1. The average molecular weight is 341 g/mol. The lowest BCUT2D eigenvalue weighted by Crippen LogP contribution is -2.34. The van der Waals surface area contributed by atoms with Crippen LogP contribution in [0, 0.1) is 0 Å². The fourth-order valence-electron chi connectivity index (χ4n) is 2.17. The van der Waals surface area contributed by atoms with Crippen LogP contribution in [-0.2, 0) is 4.79 Å². The first-order valence-corrected chi connectivity index (χ1v) is 7.59. The van der Waals surface area contributed by atoms with Crippen LogP contribution in [0.2, 0.25) is 5.02 Å². The van der Waals surface area contributed by atoms with Crippen molar-refractivity contribution < 1.29 is 9.59 Å². The predicted molar refractivity (Wildman–Crippen MR) is 90.5 cm³/mol. The third-order valence-corrected chi connectivity index (χ3v) is 3.68. The second kappa shape index (κ2) is 6.72. The predicted octanol–water partition coefficient (Wildman–Crippen LogP) is 3.85. The Balaban J connectivity index is 1.78. The highest BCUT2D eigenvalue weighted by molar-refractivity contribution is 6.30. The van der Waals surface area contributed by atoms with Crippen LogP contribution in [0.3, 0.4) is 0 Å². The van der Waals surface area contributed by atoms with E-state index >= 15 is 0 Å². The number of hydrogen-bond donors (Lipinski definition) is 0. The summed E-state index contributed by atoms with van der Waals surface area (Å²) in [5.41, 5.74) is 1.37. The molecule has 2 aromatic carbocycles. The van der Waals surface area contributed by atoms with Gasteiger partial charge < -0.3 is 0 Å². The zero-order chi connectivity index (χ0) is 17.1. The Labute approximate surface area is 143 Å². The summed E-state index contributed by atoms with van der Waals surface area (Å²) in [7, 11) is 0. The third-order valence-electron chi connectivity index (χ3n) is 3.42. The van der Waals surface area contributed by atoms with Gasteiger partial charge in [-0.3, -0.25) is 9.59 Å². The Morgan fingerprint density at radius 3 is 2.46 bits per heavy atom. The summed E-state index contributed by atoms with van der Waals surface area (Å²) >= 11 is 5.81. The molecule has 0 aromatic heterocycles. The van der Waals surface area contributed by atoms with Gasteiger partial charge in [0.1, 0.15) is 0 Å². The van der Waals surface area contributed by atoms with Gasteiger partial charge in [0.05, 0.1) is 11.4 Å². The molecule has 1 aliphatic rings. The Morgan fingerprint density at radius 1 is 1.12 bits per heavy atom. The van der Waals surface area contributed by atoms with Gasteiger partial charge in [-0.2, -0.15) is 20.3 Å². The molecule has 6 nitrogen and oxygen atoms in total. The van der Waals surface area contributed by atoms with Gasteiger partial charge in [0.2, 0.25) is 0 Å². The summed E-state index contributed by atoms with van der Waals surface area (Å²) in [5, 5.41) is 13.5. The molecule has 7 heteroatoms. The van der Waals surface area contributed by atoms with Gasteiger partial charge in [0.15, 0.2) is 6.04 Å². The van der Waals surface area contributed by atoms with E-state index in [1.165, 1.54) is 0 Å². The lowest BCUT2D eigenvalue weighted by Gasteiger charge is -2.10. The van der Waals surface area contributed by atoms with Crippen LogP contribution < -0.4 is 0 Å². The van der Waals surface area contributed by atoms with Crippen molar-refractivity contribution in [2.24, 2.45) is 15.3 Å². The highest BCUT2D eigenvalue weighted by atomic mass is 35.5. The minimum Gasteiger partial charge on any atom is -0.269 e. The molecule has 1 aliphatic heterocycles. The normalized spacial score (nSPS) is 17.4. The molecule has 24 heavy (non-hydrogen) atoms. The first-order valence-electron chi connectivity index (χ1n) is 7.21. The van der Waals surface area contributed by atoms with Crippen LogP contribution in [0.5, 0.6) is 0 Å². The van der Waals surface area contributed by atoms with Gasteiger partial charge in [-0.15, -0.1) is 0 Å². The molecule has 1 unspecified atom stereocenters. The smallest absolute Gasteiger partial charge is 0.269 e. The number of nitrogens with zero attached hydrogens (tertiary/aromatic N) is 4. The van der Waals surface area contributed by atoms with E-state index in [4.69, 9.17) is 11.6 Å². The van der Waals surface area contributed by atoms with Crippen molar-refractivity contribution in [1.82, 2.24) is 5.01 Å². The van der Waals surface area contributed by atoms with Crippen molar-refractivity contribution >= 4 is 34.8 Å². The Hall–Kier alpha value is -2.86. The highest BCUT2D eigenvalue weighted by Gasteiger charge is 2.37. The molecule has 0 bridgehead atoms. The fraction of sp³-hybridized carbons (Fsp3) is 0.118. The Morgan fingerprint density at radius 2 is 1.79 bits per heavy atom. The molecule has 1 heterocycles. The first-order chi connectivity index (χ1) is 11.6. The zero-order valence-electron chi connectivity index (χ0n) is 12.8. The number of carbonyl (C=O) groups is 2. The fourth-order valence-corrected chi connectivity index (χ4v) is 2.30. The number of halogens is 1. The van der Waals surface area contributed by atoms with Gasteiger partial charge >= 0.3 is 0 Å². The first kappa shape index (κ1) is 16.0. The quantitative estimate of drug-likeness (QED) is 0.628. The Kier molecular flexibility index (Phi) is 4.48. The zero-order valence-corrected chi connectivity index (χ0v) is 13.5. The van der Waals surface area contributed by atoms with Crippen LogP contribution in [0.25, 0.3) is 0 Å². The van der Waals surface area contributed by atoms with E-state index in [-0.39, 0.29) is 0 Å². The lowest BCUT2D eigenvalue weighted by atomic mass is 10.2. The Bertz CT molecular complexity index is 831. The molecule has 0 fully saturated rings. The monoisotopic (exact) mass is 340 g/mol. The average Bonchev–Trinajstić information content (AvgIpc) is 2.89. The number of rotatable bonds is 3. The maximum atomic E-state index is 12.4. The maximum Gasteiger partial charge on any atom is 0.282 e. The summed E-state index contributed by atoms with van der Waals surface area (Å²) in [6.45, 7) is 1.64. The second-order valence-corrected chi connectivity index (χ2v) is 5.59. The number of hydrogen-bond acceptors (Lipinski definition) is 5. The van der Waals surface area contributed by atoms with Crippen molar-refractivity contribution in [3.63, 3.8) is 0 Å². The number of hydrazone groups is 1. The molecule has 0 saturated heterocycles. The van der Waals surface area contributed by atoms with E-state index in [2.05, 4.69) is 15.3 Å². The molecule has 0 saturated carbocycles. The van der Waals surface area contributed by atoms with E-state index in [1.807, 2.05) is 0 Å². The molecule has 2 amide bonds. The topological polar surface area (TPSA) is 74.5 Å². The molecule has 120 valence electrons. The number of azo groups is 1. The third kappa shape index (κ3) is 3.23. The summed E-state index contributed by atoms with van der Waals surface area (Å²) in [5.74, 6) is -0.997. The van der Waals surface area contributed by atoms with E-state index < -0.39 is 17.9 Å². The molecular formula is C17H13ClN4O2. The number of benzene rings is 2. The van der Waals surface area contributed by atoms with Crippen molar-refractivity contribution in [2.45, 2.75) is 13.0 Å². The van der Waals surface area contributed by atoms with Gasteiger partial charge in [-0.25, -0.2) is 0 Å². The summed E-state index contributed by atoms with van der Waals surface area (Å²) in [4.78, 5) is 24.8. The van der Waals surface area contributed by atoms with Crippen molar-refractivity contribution in [3.05, 3.63) is 65.2 Å². The number of imide groups is 1.